The molecular formula is C15H16ClN3O6. The molecule has 0 unspecified atom stereocenters. The van der Waals surface area contributed by atoms with Gasteiger partial charge in [-0.05, 0) is 6.07 Å². The topological polar surface area (TPSA) is 136 Å². The van der Waals surface area contributed by atoms with Gasteiger partial charge in [-0.1, -0.05) is 11.6 Å². The number of rotatable bonds is 6. The van der Waals surface area contributed by atoms with Crippen molar-refractivity contribution in [2.24, 2.45) is 5.73 Å². The van der Waals surface area contributed by atoms with E-state index in [1.54, 1.807) is 4.90 Å². The summed E-state index contributed by atoms with van der Waals surface area (Å²) in [5.41, 5.74) is 4.65. The Bertz CT molecular complexity index is 743. The van der Waals surface area contributed by atoms with E-state index in [2.05, 4.69) is 0 Å². The number of nitrogens with two attached hydrogens (primary N) is 1. The minimum atomic E-state index is -1.47. The van der Waals surface area contributed by atoms with Gasteiger partial charge >= 0.3 is 5.97 Å². The maximum absolute atomic E-state index is 12.8. The molecule has 134 valence electrons. The zero-order chi connectivity index (χ0) is 18.6. The lowest BCUT2D eigenvalue weighted by atomic mass is 10.00. The van der Waals surface area contributed by atoms with Crippen LogP contribution in [0.25, 0.3) is 0 Å². The monoisotopic (exact) mass is 369 g/mol. The lowest BCUT2D eigenvalue weighted by molar-refractivity contribution is -0.384. The predicted molar refractivity (Wildman–Crippen MR) is 88.5 cm³/mol. The van der Waals surface area contributed by atoms with E-state index in [4.69, 9.17) is 22.1 Å². The highest BCUT2D eigenvalue weighted by molar-refractivity contribution is 6.37. The Morgan fingerprint density at radius 1 is 1.36 bits per heavy atom. The van der Waals surface area contributed by atoms with Crippen LogP contribution in [0.3, 0.4) is 0 Å². The standard InChI is InChI=1S/C15H16ClN3O6/c16-11-2-1-9(19(23)24)7-10(11)14(20)13(15(21)22)12(8-17)18-3-5-25-6-4-18/h1-2,7H,3-6,8,17H2,(H,21,22)/b13-12-. The number of benzene rings is 1. The van der Waals surface area contributed by atoms with E-state index in [1.807, 2.05) is 0 Å². The van der Waals surface area contributed by atoms with E-state index in [1.165, 1.54) is 6.07 Å². The van der Waals surface area contributed by atoms with Crippen LogP contribution in [0.2, 0.25) is 5.02 Å². The minimum Gasteiger partial charge on any atom is -0.477 e. The number of nitrogens with zero attached hydrogens (tertiary/aromatic N) is 2. The highest BCUT2D eigenvalue weighted by Crippen LogP contribution is 2.26. The molecule has 0 saturated carbocycles. The smallest absolute Gasteiger partial charge is 0.341 e. The van der Waals surface area contributed by atoms with Crippen LogP contribution in [0.15, 0.2) is 29.5 Å². The molecule has 1 heterocycles. The molecule has 0 amide bonds. The van der Waals surface area contributed by atoms with E-state index >= 15 is 0 Å². The fourth-order valence-electron chi connectivity index (χ4n) is 2.51. The first kappa shape index (κ1) is 18.8. The molecule has 1 aliphatic heterocycles. The van der Waals surface area contributed by atoms with Gasteiger partial charge in [0.1, 0.15) is 5.57 Å². The van der Waals surface area contributed by atoms with Crippen LogP contribution < -0.4 is 5.73 Å². The minimum absolute atomic E-state index is 0.0762. The zero-order valence-corrected chi connectivity index (χ0v) is 13.9. The number of nitro groups is 1. The molecular weight excluding hydrogens is 354 g/mol. The number of hydrogen-bond donors (Lipinski definition) is 2. The Kier molecular flexibility index (Phi) is 6.07. The molecule has 1 aromatic rings. The van der Waals surface area contributed by atoms with E-state index < -0.39 is 22.2 Å². The van der Waals surface area contributed by atoms with E-state index in [-0.39, 0.29) is 28.5 Å². The molecule has 9 nitrogen and oxygen atoms in total. The molecule has 25 heavy (non-hydrogen) atoms. The van der Waals surface area contributed by atoms with Gasteiger partial charge in [-0.3, -0.25) is 14.9 Å². The van der Waals surface area contributed by atoms with Gasteiger partial charge in [0.05, 0.1) is 23.2 Å². The number of nitro benzene ring substituents is 1. The average Bonchev–Trinajstić information content (AvgIpc) is 2.59. The van der Waals surface area contributed by atoms with Crippen molar-refractivity contribution in [3.8, 4) is 0 Å². The predicted octanol–water partition coefficient (Wildman–Crippen LogP) is 1.06. The normalized spacial score (nSPS) is 15.5. The Hall–Kier alpha value is -2.49. The first-order chi connectivity index (χ1) is 11.9. The van der Waals surface area contributed by atoms with E-state index in [0.717, 1.165) is 12.1 Å². The van der Waals surface area contributed by atoms with Gasteiger partial charge in [-0.2, -0.15) is 0 Å². The molecule has 0 aromatic heterocycles. The van der Waals surface area contributed by atoms with Crippen molar-refractivity contribution in [3.05, 3.63) is 50.2 Å². The van der Waals surface area contributed by atoms with Crippen LogP contribution in [-0.2, 0) is 9.53 Å². The third kappa shape index (κ3) is 4.13. The molecule has 10 heteroatoms. The lowest BCUT2D eigenvalue weighted by Crippen LogP contribution is -2.40. The van der Waals surface area contributed by atoms with E-state index in [0.29, 0.717) is 26.3 Å². The van der Waals surface area contributed by atoms with Gasteiger partial charge in [-0.15, -0.1) is 0 Å². The van der Waals surface area contributed by atoms with Crippen molar-refractivity contribution < 1.29 is 24.4 Å². The highest BCUT2D eigenvalue weighted by Gasteiger charge is 2.29. The molecule has 0 atom stereocenters. The number of carbonyl (C=O) groups is 2. The van der Waals surface area contributed by atoms with Crippen LogP contribution in [0.5, 0.6) is 0 Å². The number of halogens is 1. The summed E-state index contributed by atoms with van der Waals surface area (Å²) >= 11 is 5.95. The molecule has 2 rings (SSSR count). The van der Waals surface area contributed by atoms with Crippen molar-refractivity contribution in [3.63, 3.8) is 0 Å². The highest BCUT2D eigenvalue weighted by atomic mass is 35.5. The van der Waals surface area contributed by atoms with Gasteiger partial charge in [0.2, 0.25) is 5.78 Å². The van der Waals surface area contributed by atoms with Crippen molar-refractivity contribution in [2.75, 3.05) is 32.8 Å². The van der Waals surface area contributed by atoms with Gasteiger partial charge < -0.3 is 20.5 Å². The first-order valence-electron chi connectivity index (χ1n) is 7.34. The number of ketones is 1. The molecule has 0 spiro atoms. The fourth-order valence-corrected chi connectivity index (χ4v) is 2.71. The maximum atomic E-state index is 12.8. The summed E-state index contributed by atoms with van der Waals surface area (Å²) in [6, 6.07) is 3.28. The lowest BCUT2D eigenvalue weighted by Gasteiger charge is -2.31. The second-order valence-corrected chi connectivity index (χ2v) is 5.59. The number of morpholine rings is 1. The summed E-state index contributed by atoms with van der Waals surface area (Å²) in [4.78, 5) is 36.4. The van der Waals surface area contributed by atoms with Gasteiger partial charge in [-0.25, -0.2) is 4.79 Å². The largest absolute Gasteiger partial charge is 0.477 e. The van der Waals surface area contributed by atoms with Crippen LogP contribution in [-0.4, -0.2) is 59.5 Å². The average molecular weight is 370 g/mol. The second kappa shape index (κ2) is 8.06. The number of carboxylic acids is 1. The SMILES string of the molecule is NC/C(=C(/C(=O)O)C(=O)c1cc([N+](=O)[O-])ccc1Cl)N1CCOCC1. The van der Waals surface area contributed by atoms with Crippen molar-refractivity contribution in [2.45, 2.75) is 0 Å². The third-order valence-corrected chi connectivity index (χ3v) is 4.05. The van der Waals surface area contributed by atoms with Crippen molar-refractivity contribution in [1.29, 1.82) is 0 Å². The molecule has 1 aliphatic rings. The molecule has 3 N–H and O–H groups in total. The van der Waals surface area contributed by atoms with Crippen molar-refractivity contribution in [1.82, 2.24) is 4.90 Å². The number of aliphatic carboxylic acids is 1. The van der Waals surface area contributed by atoms with Crippen LogP contribution in [0.1, 0.15) is 10.4 Å². The second-order valence-electron chi connectivity index (χ2n) is 5.18. The summed E-state index contributed by atoms with van der Waals surface area (Å²) in [5.74, 6) is -2.40. The number of carboxylic acid groups (broad SMARTS) is 1. The van der Waals surface area contributed by atoms with Crippen LogP contribution >= 0.6 is 11.6 Å². The number of carbonyl (C=O) groups excluding carboxylic acids is 1. The van der Waals surface area contributed by atoms with Gasteiger partial charge in [0, 0.05) is 43.0 Å². The van der Waals surface area contributed by atoms with Crippen LogP contribution in [0.4, 0.5) is 5.69 Å². The number of Topliss-reactive ketones (excluding diaryl/α,β-unsaturated/α-hetero) is 1. The Morgan fingerprint density at radius 2 is 2.00 bits per heavy atom. The molecule has 0 aliphatic carbocycles. The number of hydrogen-bond acceptors (Lipinski definition) is 7. The third-order valence-electron chi connectivity index (χ3n) is 3.72. The molecule has 0 bridgehead atoms. The Labute approximate surface area is 147 Å². The quantitative estimate of drug-likeness (QED) is 0.190. The molecule has 0 radical (unpaired) electrons. The summed E-state index contributed by atoms with van der Waals surface area (Å²) in [6.45, 7) is 1.35. The van der Waals surface area contributed by atoms with E-state index in [9.17, 15) is 24.8 Å². The van der Waals surface area contributed by atoms with Gasteiger partial charge in [0.25, 0.3) is 5.69 Å². The molecule has 1 aromatic carbocycles. The number of ether oxygens (including phenoxy) is 1. The van der Waals surface area contributed by atoms with Gasteiger partial charge in [0.15, 0.2) is 0 Å². The maximum Gasteiger partial charge on any atom is 0.341 e. The Balaban J connectivity index is 2.54. The summed E-state index contributed by atoms with van der Waals surface area (Å²) in [5, 5.41) is 20.4. The summed E-state index contributed by atoms with van der Waals surface area (Å²) in [6.07, 6.45) is 0. The first-order valence-corrected chi connectivity index (χ1v) is 7.72. The van der Waals surface area contributed by atoms with Crippen molar-refractivity contribution >= 4 is 29.0 Å². The van der Waals surface area contributed by atoms with Crippen LogP contribution in [0, 0.1) is 10.1 Å². The zero-order valence-electron chi connectivity index (χ0n) is 13.1. The number of non-ortho nitro benzene ring substituents is 1. The summed E-state index contributed by atoms with van der Waals surface area (Å²) < 4.78 is 5.21. The fraction of sp³-hybridized carbons (Fsp3) is 0.333. The Morgan fingerprint density at radius 3 is 2.52 bits per heavy atom. The summed E-state index contributed by atoms with van der Waals surface area (Å²) in [7, 11) is 0. The molecule has 1 fully saturated rings. The molecule has 1 saturated heterocycles.